The second-order valence-electron chi connectivity index (χ2n) is 3.61. The van der Waals surface area contributed by atoms with Gasteiger partial charge in [-0.1, -0.05) is 12.1 Å². The Morgan fingerprint density at radius 3 is 2.67 bits per heavy atom. The van der Waals surface area contributed by atoms with Crippen LogP contribution in [0, 0.1) is 0 Å². The van der Waals surface area contributed by atoms with Gasteiger partial charge in [0, 0.05) is 11.9 Å². The molecule has 3 rings (SSSR count). The lowest BCUT2D eigenvalue weighted by molar-refractivity contribution is -0.150. The molecule has 1 saturated heterocycles. The molecular weight excluding hydrogens is 272 g/mol. The third-order valence-corrected chi connectivity index (χ3v) is 4.49. The molecule has 1 aromatic heterocycles. The Morgan fingerprint density at radius 2 is 1.94 bits per heavy atom. The smallest absolute Gasteiger partial charge is 0.265 e. The first-order chi connectivity index (χ1) is 8.74. The van der Waals surface area contributed by atoms with Gasteiger partial charge in [0.2, 0.25) is 0 Å². The Hall–Kier alpha value is -1.44. The van der Waals surface area contributed by atoms with Crippen molar-refractivity contribution in [2.75, 3.05) is 13.2 Å². The van der Waals surface area contributed by atoms with Gasteiger partial charge in [-0.2, -0.15) is 0 Å². The van der Waals surface area contributed by atoms with Crippen LogP contribution >= 0.6 is 23.3 Å². The van der Waals surface area contributed by atoms with Crippen molar-refractivity contribution in [1.29, 1.82) is 0 Å². The highest BCUT2D eigenvalue weighted by Gasteiger charge is 2.28. The molecule has 2 amide bonds. The molecule has 1 fully saturated rings. The molecule has 0 bridgehead atoms. The highest BCUT2D eigenvalue weighted by molar-refractivity contribution is 7.99. The predicted molar refractivity (Wildman–Crippen MR) is 68.1 cm³/mol. The van der Waals surface area contributed by atoms with Gasteiger partial charge in [0.05, 0.1) is 10.2 Å². The first-order valence-electron chi connectivity index (χ1n) is 5.21. The molecule has 1 aliphatic heterocycles. The zero-order chi connectivity index (χ0) is 12.5. The number of rotatable bonds is 2. The van der Waals surface area contributed by atoms with E-state index in [1.54, 1.807) is 0 Å². The average molecular weight is 280 g/mol. The van der Waals surface area contributed by atoms with Crippen molar-refractivity contribution in [2.24, 2.45) is 0 Å². The molecule has 1 aliphatic rings. The molecule has 7 heteroatoms. The minimum absolute atomic E-state index is 0.0519. The summed E-state index contributed by atoms with van der Waals surface area (Å²) in [6.45, 7) is -0.104. The van der Waals surface area contributed by atoms with Crippen molar-refractivity contribution in [1.82, 2.24) is 9.29 Å². The monoisotopic (exact) mass is 280 g/mol. The van der Waals surface area contributed by atoms with E-state index in [9.17, 15) is 9.59 Å². The van der Waals surface area contributed by atoms with Crippen LogP contribution in [0.2, 0.25) is 0 Å². The average Bonchev–Trinajstić information content (AvgIpc) is 2.76. The quantitative estimate of drug-likeness (QED) is 0.619. The lowest BCUT2D eigenvalue weighted by atomic mass is 10.3. The SMILES string of the molecule is O=C1COCC(=O)N1Sc1nc2ccccc2s1. The molecule has 0 aliphatic carbocycles. The van der Waals surface area contributed by atoms with Crippen molar-refractivity contribution >= 4 is 45.3 Å². The number of amides is 2. The number of imide groups is 1. The Morgan fingerprint density at radius 1 is 1.22 bits per heavy atom. The molecule has 0 atom stereocenters. The fourth-order valence-electron chi connectivity index (χ4n) is 1.55. The molecule has 5 nitrogen and oxygen atoms in total. The molecule has 0 spiro atoms. The zero-order valence-electron chi connectivity index (χ0n) is 9.16. The first-order valence-corrected chi connectivity index (χ1v) is 6.80. The summed E-state index contributed by atoms with van der Waals surface area (Å²) >= 11 is 2.53. The van der Waals surface area contributed by atoms with E-state index in [2.05, 4.69) is 4.98 Å². The van der Waals surface area contributed by atoms with Crippen LogP contribution in [0.5, 0.6) is 0 Å². The lowest BCUT2D eigenvalue weighted by Gasteiger charge is -2.21. The second kappa shape index (κ2) is 4.68. The maximum absolute atomic E-state index is 11.6. The summed E-state index contributed by atoms with van der Waals surface area (Å²) in [5.41, 5.74) is 0.873. The normalized spacial score (nSPS) is 16.6. The molecule has 0 unspecified atom stereocenters. The molecule has 2 heterocycles. The molecular formula is C11H8N2O3S2. The number of carbonyl (C=O) groups is 2. The second-order valence-corrected chi connectivity index (χ2v) is 5.84. The van der Waals surface area contributed by atoms with Crippen molar-refractivity contribution in [3.63, 3.8) is 0 Å². The Bertz CT molecular complexity index is 577. The van der Waals surface area contributed by atoms with E-state index in [1.165, 1.54) is 11.3 Å². The largest absolute Gasteiger partial charge is 0.362 e. The maximum Gasteiger partial charge on any atom is 0.265 e. The summed E-state index contributed by atoms with van der Waals surface area (Å²) in [6.07, 6.45) is 0. The number of carbonyl (C=O) groups excluding carboxylic acids is 2. The number of hydrogen-bond donors (Lipinski definition) is 0. The van der Waals surface area contributed by atoms with Crippen LogP contribution in [0.1, 0.15) is 0 Å². The maximum atomic E-state index is 11.6. The van der Waals surface area contributed by atoms with Gasteiger partial charge in [-0.3, -0.25) is 9.59 Å². The van der Waals surface area contributed by atoms with Gasteiger partial charge in [0.15, 0.2) is 4.34 Å². The fraction of sp³-hybridized carbons (Fsp3) is 0.182. The van der Waals surface area contributed by atoms with Gasteiger partial charge in [-0.25, -0.2) is 9.29 Å². The van der Waals surface area contributed by atoms with Gasteiger partial charge in [-0.05, 0) is 12.1 Å². The van der Waals surface area contributed by atoms with E-state index < -0.39 is 0 Å². The number of hydrogen-bond acceptors (Lipinski definition) is 6. The number of benzene rings is 1. The molecule has 0 saturated carbocycles. The Kier molecular flexibility index (Phi) is 3.02. The van der Waals surface area contributed by atoms with Gasteiger partial charge in [-0.15, -0.1) is 11.3 Å². The Labute approximate surface area is 111 Å². The van der Waals surface area contributed by atoms with E-state index in [4.69, 9.17) is 4.74 Å². The molecule has 92 valence electrons. The van der Waals surface area contributed by atoms with Gasteiger partial charge >= 0.3 is 0 Å². The standard InChI is InChI=1S/C11H8N2O3S2/c14-9-5-16-6-10(15)13(9)18-11-12-7-3-1-2-4-8(7)17-11/h1-4H,5-6H2. The van der Waals surface area contributed by atoms with E-state index >= 15 is 0 Å². The van der Waals surface area contributed by atoms with Crippen LogP contribution in [0.4, 0.5) is 0 Å². The van der Waals surface area contributed by atoms with E-state index in [0.29, 0.717) is 4.34 Å². The summed E-state index contributed by atoms with van der Waals surface area (Å²) in [4.78, 5) is 27.5. The highest BCUT2D eigenvalue weighted by Crippen LogP contribution is 2.32. The summed E-state index contributed by atoms with van der Waals surface area (Å²) < 4.78 is 7.69. The number of fused-ring (bicyclic) bond motifs is 1. The number of nitrogens with zero attached hydrogens (tertiary/aromatic N) is 2. The van der Waals surface area contributed by atoms with Crippen LogP contribution in [-0.2, 0) is 14.3 Å². The van der Waals surface area contributed by atoms with Crippen molar-refractivity contribution < 1.29 is 14.3 Å². The fourth-order valence-corrected chi connectivity index (χ4v) is 3.50. The lowest BCUT2D eigenvalue weighted by Crippen LogP contribution is -2.41. The van der Waals surface area contributed by atoms with E-state index in [-0.39, 0.29) is 25.0 Å². The van der Waals surface area contributed by atoms with Crippen LogP contribution in [0.25, 0.3) is 10.2 Å². The molecule has 18 heavy (non-hydrogen) atoms. The zero-order valence-corrected chi connectivity index (χ0v) is 10.8. The summed E-state index contributed by atoms with van der Waals surface area (Å²) in [5, 5.41) is 0. The van der Waals surface area contributed by atoms with Crippen LogP contribution in [0.15, 0.2) is 28.6 Å². The topological polar surface area (TPSA) is 59.5 Å². The third-order valence-electron chi connectivity index (χ3n) is 2.35. The van der Waals surface area contributed by atoms with Crippen molar-refractivity contribution in [2.45, 2.75) is 4.34 Å². The molecule has 0 radical (unpaired) electrons. The van der Waals surface area contributed by atoms with Gasteiger partial charge in [0.25, 0.3) is 11.8 Å². The van der Waals surface area contributed by atoms with Crippen LogP contribution in [0.3, 0.4) is 0 Å². The van der Waals surface area contributed by atoms with E-state index in [1.807, 2.05) is 24.3 Å². The number of thiazole rings is 1. The third kappa shape index (κ3) is 2.12. The predicted octanol–water partition coefficient (Wildman–Crippen LogP) is 1.69. The molecule has 1 aromatic carbocycles. The Balaban J connectivity index is 1.87. The van der Waals surface area contributed by atoms with Crippen LogP contribution < -0.4 is 0 Å². The summed E-state index contributed by atoms with van der Waals surface area (Å²) in [7, 11) is 0. The number of ether oxygens (including phenoxy) is 1. The molecule has 0 N–H and O–H groups in total. The minimum atomic E-state index is -0.337. The number of para-hydroxylation sites is 1. The first kappa shape index (κ1) is 11.6. The van der Waals surface area contributed by atoms with Crippen LogP contribution in [-0.4, -0.2) is 34.3 Å². The van der Waals surface area contributed by atoms with Crippen molar-refractivity contribution in [3.8, 4) is 0 Å². The summed E-state index contributed by atoms with van der Waals surface area (Å²) in [5.74, 6) is -0.675. The van der Waals surface area contributed by atoms with Gasteiger partial charge in [0.1, 0.15) is 13.2 Å². The highest BCUT2D eigenvalue weighted by atomic mass is 32.2. The molecule has 2 aromatic rings. The van der Waals surface area contributed by atoms with Crippen molar-refractivity contribution in [3.05, 3.63) is 24.3 Å². The number of aromatic nitrogens is 1. The number of morpholine rings is 1. The van der Waals surface area contributed by atoms with E-state index in [0.717, 1.165) is 26.5 Å². The summed E-state index contributed by atoms with van der Waals surface area (Å²) in [6, 6.07) is 7.69. The van der Waals surface area contributed by atoms with Gasteiger partial charge < -0.3 is 4.74 Å². The minimum Gasteiger partial charge on any atom is -0.362 e.